The Labute approximate surface area is 115 Å². The smallest absolute Gasteiger partial charge is 0.339 e. The molecule has 0 aliphatic carbocycles. The number of carbonyl (C=O) groups is 1. The lowest BCUT2D eigenvalue weighted by Crippen LogP contribution is -2.01. The zero-order valence-corrected chi connectivity index (χ0v) is 11.2. The molecule has 0 saturated heterocycles. The Morgan fingerprint density at radius 3 is 2.84 bits per heavy atom. The van der Waals surface area contributed by atoms with Crippen molar-refractivity contribution in [1.29, 1.82) is 0 Å². The van der Waals surface area contributed by atoms with Gasteiger partial charge >= 0.3 is 5.97 Å². The van der Waals surface area contributed by atoms with E-state index in [1.807, 2.05) is 24.3 Å². The largest absolute Gasteiger partial charge is 0.496 e. The van der Waals surface area contributed by atoms with Crippen molar-refractivity contribution in [3.05, 3.63) is 53.7 Å². The zero-order valence-electron chi connectivity index (χ0n) is 10.4. The Kier molecular flexibility index (Phi) is 4.41. The number of aromatic carboxylic acids is 1. The topological polar surface area (TPSA) is 59.4 Å². The van der Waals surface area contributed by atoms with Gasteiger partial charge in [0.25, 0.3) is 0 Å². The van der Waals surface area contributed by atoms with Crippen LogP contribution < -0.4 is 4.74 Å². The van der Waals surface area contributed by atoms with Crippen molar-refractivity contribution >= 4 is 17.7 Å². The molecule has 0 fully saturated rings. The van der Waals surface area contributed by atoms with Crippen LogP contribution in [0.15, 0.2) is 47.6 Å². The minimum atomic E-state index is -0.985. The van der Waals surface area contributed by atoms with E-state index in [1.54, 1.807) is 30.1 Å². The van der Waals surface area contributed by atoms with Crippen molar-refractivity contribution in [3.63, 3.8) is 0 Å². The van der Waals surface area contributed by atoms with Crippen molar-refractivity contribution in [3.8, 4) is 5.75 Å². The van der Waals surface area contributed by atoms with Gasteiger partial charge in [0.1, 0.15) is 11.3 Å². The van der Waals surface area contributed by atoms with E-state index in [-0.39, 0.29) is 5.56 Å². The molecule has 0 aliphatic rings. The molecule has 1 heterocycles. The van der Waals surface area contributed by atoms with Crippen LogP contribution >= 0.6 is 11.8 Å². The molecule has 0 unspecified atom stereocenters. The summed E-state index contributed by atoms with van der Waals surface area (Å²) in [5.74, 6) is 0.0574. The Hall–Kier alpha value is -2.01. The summed E-state index contributed by atoms with van der Waals surface area (Å²) in [5.41, 5.74) is 1.11. The van der Waals surface area contributed by atoms with Crippen LogP contribution in [0, 0.1) is 0 Å². The average molecular weight is 275 g/mol. The predicted octanol–water partition coefficient (Wildman–Crippen LogP) is 3.08. The number of rotatable bonds is 5. The summed E-state index contributed by atoms with van der Waals surface area (Å²) in [5, 5.41) is 10.0. The number of pyridine rings is 1. The first-order valence-corrected chi connectivity index (χ1v) is 6.63. The van der Waals surface area contributed by atoms with Gasteiger partial charge in [-0.3, -0.25) is 0 Å². The SMILES string of the molecule is COc1ccc(CSc2ccccn2)cc1C(=O)O. The summed E-state index contributed by atoms with van der Waals surface area (Å²) in [4.78, 5) is 15.3. The van der Waals surface area contributed by atoms with Crippen LogP contribution in [-0.4, -0.2) is 23.2 Å². The summed E-state index contributed by atoms with van der Waals surface area (Å²) in [6, 6.07) is 10.9. The van der Waals surface area contributed by atoms with Crippen molar-refractivity contribution < 1.29 is 14.6 Å². The van der Waals surface area contributed by atoms with Crippen molar-refractivity contribution in [2.75, 3.05) is 7.11 Å². The van der Waals surface area contributed by atoms with Gasteiger partial charge in [-0.25, -0.2) is 9.78 Å². The Balaban J connectivity index is 2.13. The Morgan fingerprint density at radius 2 is 2.21 bits per heavy atom. The first-order chi connectivity index (χ1) is 9.20. The number of aromatic nitrogens is 1. The third-order valence-corrected chi connectivity index (χ3v) is 3.53. The lowest BCUT2D eigenvalue weighted by Gasteiger charge is -2.07. The minimum absolute atomic E-state index is 0.182. The van der Waals surface area contributed by atoms with Gasteiger partial charge in [0.05, 0.1) is 12.1 Å². The highest BCUT2D eigenvalue weighted by Gasteiger charge is 2.11. The first kappa shape index (κ1) is 13.4. The van der Waals surface area contributed by atoms with E-state index in [0.29, 0.717) is 11.5 Å². The molecule has 0 radical (unpaired) electrons. The predicted molar refractivity (Wildman–Crippen MR) is 73.8 cm³/mol. The molecule has 0 saturated carbocycles. The molecule has 0 aliphatic heterocycles. The normalized spacial score (nSPS) is 10.2. The number of nitrogens with zero attached hydrogens (tertiary/aromatic N) is 1. The molecule has 2 aromatic rings. The minimum Gasteiger partial charge on any atom is -0.496 e. The van der Waals surface area contributed by atoms with Crippen LogP contribution in [0.25, 0.3) is 0 Å². The lowest BCUT2D eigenvalue weighted by atomic mass is 10.1. The molecule has 1 aromatic heterocycles. The molecular weight excluding hydrogens is 262 g/mol. The fourth-order valence-electron chi connectivity index (χ4n) is 1.60. The Morgan fingerprint density at radius 1 is 1.37 bits per heavy atom. The summed E-state index contributed by atoms with van der Waals surface area (Å²) in [6.45, 7) is 0. The van der Waals surface area contributed by atoms with Gasteiger partial charge in [0, 0.05) is 11.9 Å². The summed E-state index contributed by atoms with van der Waals surface area (Å²) < 4.78 is 5.02. The average Bonchev–Trinajstić information content (AvgIpc) is 2.46. The monoisotopic (exact) mass is 275 g/mol. The number of methoxy groups -OCH3 is 1. The van der Waals surface area contributed by atoms with E-state index in [9.17, 15) is 4.79 Å². The maximum atomic E-state index is 11.1. The number of hydrogen-bond acceptors (Lipinski definition) is 4. The fourth-order valence-corrected chi connectivity index (χ4v) is 2.41. The highest BCUT2D eigenvalue weighted by atomic mass is 32.2. The molecule has 1 N–H and O–H groups in total. The number of benzene rings is 1. The molecular formula is C14H13NO3S. The summed E-state index contributed by atoms with van der Waals surface area (Å²) >= 11 is 1.56. The maximum Gasteiger partial charge on any atom is 0.339 e. The van der Waals surface area contributed by atoms with Crippen LogP contribution in [-0.2, 0) is 5.75 Å². The van der Waals surface area contributed by atoms with Gasteiger partial charge in [-0.15, -0.1) is 11.8 Å². The fraction of sp³-hybridized carbons (Fsp3) is 0.143. The van der Waals surface area contributed by atoms with E-state index in [0.717, 1.165) is 10.6 Å². The molecule has 98 valence electrons. The molecule has 0 atom stereocenters. The molecule has 0 amide bonds. The van der Waals surface area contributed by atoms with Gasteiger partial charge in [-0.05, 0) is 29.8 Å². The molecule has 1 aromatic carbocycles. The van der Waals surface area contributed by atoms with E-state index < -0.39 is 5.97 Å². The van der Waals surface area contributed by atoms with Crippen molar-refractivity contribution in [2.24, 2.45) is 0 Å². The van der Waals surface area contributed by atoms with Gasteiger partial charge < -0.3 is 9.84 Å². The molecule has 4 nitrogen and oxygen atoms in total. The van der Waals surface area contributed by atoms with E-state index in [4.69, 9.17) is 9.84 Å². The zero-order chi connectivity index (χ0) is 13.7. The highest BCUT2D eigenvalue weighted by Crippen LogP contribution is 2.25. The van der Waals surface area contributed by atoms with Crippen LogP contribution in [0.3, 0.4) is 0 Å². The number of ether oxygens (including phenoxy) is 1. The molecule has 0 spiro atoms. The van der Waals surface area contributed by atoms with Crippen molar-refractivity contribution in [2.45, 2.75) is 10.8 Å². The molecule has 0 bridgehead atoms. The first-order valence-electron chi connectivity index (χ1n) is 5.64. The third kappa shape index (κ3) is 3.48. The van der Waals surface area contributed by atoms with Gasteiger partial charge in [-0.2, -0.15) is 0 Å². The number of thioether (sulfide) groups is 1. The van der Waals surface area contributed by atoms with Crippen LogP contribution in [0.2, 0.25) is 0 Å². The van der Waals surface area contributed by atoms with Gasteiger partial charge in [0.2, 0.25) is 0 Å². The number of carboxylic acids is 1. The number of carboxylic acid groups (broad SMARTS) is 1. The second-order valence-electron chi connectivity index (χ2n) is 3.80. The maximum absolute atomic E-state index is 11.1. The second kappa shape index (κ2) is 6.24. The summed E-state index contributed by atoms with van der Waals surface area (Å²) in [6.07, 6.45) is 1.74. The second-order valence-corrected chi connectivity index (χ2v) is 4.79. The van der Waals surface area contributed by atoms with E-state index in [2.05, 4.69) is 4.98 Å². The standard InChI is InChI=1S/C14H13NO3S/c1-18-12-6-5-10(8-11(12)14(16)17)9-19-13-4-2-3-7-15-13/h2-8H,9H2,1H3,(H,16,17). The van der Waals surface area contributed by atoms with E-state index >= 15 is 0 Å². The quantitative estimate of drug-likeness (QED) is 0.850. The molecule has 5 heteroatoms. The third-order valence-electron chi connectivity index (χ3n) is 2.52. The molecule has 2 rings (SSSR count). The highest BCUT2D eigenvalue weighted by molar-refractivity contribution is 7.98. The molecule has 19 heavy (non-hydrogen) atoms. The summed E-state index contributed by atoms with van der Waals surface area (Å²) in [7, 11) is 1.46. The van der Waals surface area contributed by atoms with Crippen LogP contribution in [0.4, 0.5) is 0 Å². The lowest BCUT2D eigenvalue weighted by molar-refractivity contribution is 0.0693. The van der Waals surface area contributed by atoms with Crippen molar-refractivity contribution in [1.82, 2.24) is 4.98 Å². The van der Waals surface area contributed by atoms with Gasteiger partial charge in [0.15, 0.2) is 0 Å². The van der Waals surface area contributed by atoms with E-state index in [1.165, 1.54) is 7.11 Å². The van der Waals surface area contributed by atoms with Crippen LogP contribution in [0.1, 0.15) is 15.9 Å². The van der Waals surface area contributed by atoms with Crippen LogP contribution in [0.5, 0.6) is 5.75 Å². The number of hydrogen-bond donors (Lipinski definition) is 1. The Bertz CT molecular complexity index is 572. The van der Waals surface area contributed by atoms with Gasteiger partial charge in [-0.1, -0.05) is 12.1 Å².